The Morgan fingerprint density at radius 3 is 2.76 bits per heavy atom. The number of aromatic nitrogens is 3. The molecule has 1 fully saturated rings. The molecule has 1 aliphatic heterocycles. The van der Waals surface area contributed by atoms with Crippen molar-refractivity contribution < 1.29 is 19.4 Å². The van der Waals surface area contributed by atoms with E-state index in [1.807, 2.05) is 0 Å². The fraction of sp³-hybridized carbons (Fsp3) is 0.375. The topological polar surface area (TPSA) is 118 Å². The van der Waals surface area contributed by atoms with Crippen LogP contribution in [0.25, 0.3) is 0 Å². The highest BCUT2D eigenvalue weighted by atomic mass is 16.5. The summed E-state index contributed by atoms with van der Waals surface area (Å²) in [4.78, 5) is 27.8. The summed E-state index contributed by atoms with van der Waals surface area (Å²) in [5.74, 6) is 0.0838. The van der Waals surface area contributed by atoms with E-state index in [0.29, 0.717) is 24.8 Å². The molecule has 0 radical (unpaired) electrons. The highest BCUT2D eigenvalue weighted by Gasteiger charge is 2.26. The lowest BCUT2D eigenvalue weighted by Crippen LogP contribution is -2.44. The van der Waals surface area contributed by atoms with Gasteiger partial charge in [0.05, 0.1) is 19.2 Å². The summed E-state index contributed by atoms with van der Waals surface area (Å²) in [7, 11) is 1.50. The fourth-order valence-electron chi connectivity index (χ4n) is 2.70. The molecule has 9 nitrogen and oxygen atoms in total. The first kappa shape index (κ1) is 16.7. The predicted molar refractivity (Wildman–Crippen MR) is 86.9 cm³/mol. The number of amides is 1. The normalized spacial score (nSPS) is 17.2. The van der Waals surface area contributed by atoms with Gasteiger partial charge < -0.3 is 19.5 Å². The quantitative estimate of drug-likeness (QED) is 0.830. The summed E-state index contributed by atoms with van der Waals surface area (Å²) >= 11 is 0. The monoisotopic (exact) mass is 346 g/mol. The van der Waals surface area contributed by atoms with Gasteiger partial charge >= 0.3 is 0 Å². The van der Waals surface area contributed by atoms with Gasteiger partial charge in [-0.05, 0) is 12.8 Å². The molecule has 1 amide bonds. The molecule has 1 atom stereocenters. The van der Waals surface area contributed by atoms with E-state index < -0.39 is 5.56 Å². The number of carbonyl (C=O) groups excluding carboxylic acids is 1. The first-order valence-corrected chi connectivity index (χ1v) is 7.82. The van der Waals surface area contributed by atoms with E-state index in [2.05, 4.69) is 15.2 Å². The van der Waals surface area contributed by atoms with E-state index >= 15 is 0 Å². The molecule has 1 unspecified atom stereocenters. The maximum atomic E-state index is 12.5. The van der Waals surface area contributed by atoms with E-state index in [1.54, 1.807) is 17.0 Å². The van der Waals surface area contributed by atoms with Crippen LogP contribution in [-0.4, -0.2) is 57.4 Å². The van der Waals surface area contributed by atoms with Crippen molar-refractivity contribution in [3.63, 3.8) is 0 Å². The lowest BCUT2D eigenvalue weighted by atomic mass is 10.1. The van der Waals surface area contributed by atoms with Crippen LogP contribution < -0.4 is 15.0 Å². The molecule has 1 saturated heterocycles. The second-order valence-corrected chi connectivity index (χ2v) is 5.67. The number of carbonyl (C=O) groups is 1. The zero-order chi connectivity index (χ0) is 17.8. The first-order valence-electron chi connectivity index (χ1n) is 7.82. The summed E-state index contributed by atoms with van der Waals surface area (Å²) in [5, 5.41) is 17.2. The number of nitrogens with one attached hydrogen (secondary N) is 1. The van der Waals surface area contributed by atoms with Crippen LogP contribution in [-0.2, 0) is 0 Å². The number of likely N-dealkylation sites (tertiary alicyclic amines) is 1. The number of hydrogen-bond acceptors (Lipinski definition) is 7. The van der Waals surface area contributed by atoms with Crippen molar-refractivity contribution in [1.29, 1.82) is 0 Å². The summed E-state index contributed by atoms with van der Waals surface area (Å²) in [6.07, 6.45) is 1.31. The van der Waals surface area contributed by atoms with Crippen molar-refractivity contribution in [2.75, 3.05) is 20.2 Å². The van der Waals surface area contributed by atoms with Crippen LogP contribution in [0, 0.1) is 0 Å². The van der Waals surface area contributed by atoms with Gasteiger partial charge in [0.25, 0.3) is 11.5 Å². The van der Waals surface area contributed by atoms with Crippen LogP contribution in [0.2, 0.25) is 0 Å². The van der Waals surface area contributed by atoms with Crippen LogP contribution in [0.3, 0.4) is 0 Å². The molecule has 3 rings (SSSR count). The van der Waals surface area contributed by atoms with E-state index in [9.17, 15) is 14.7 Å². The number of aromatic hydroxyl groups is 1. The molecule has 2 aromatic rings. The molecule has 9 heteroatoms. The van der Waals surface area contributed by atoms with Gasteiger partial charge in [0, 0.05) is 30.8 Å². The molecule has 0 aromatic carbocycles. The maximum Gasteiger partial charge on any atom is 0.254 e. The SMILES string of the molecule is COc1ccc(OC2CCCN(C(=O)c3cc(O)[nH]c(=O)c3)C2)nn1. The molecule has 0 saturated carbocycles. The summed E-state index contributed by atoms with van der Waals surface area (Å²) in [6.45, 7) is 0.917. The zero-order valence-corrected chi connectivity index (χ0v) is 13.6. The van der Waals surface area contributed by atoms with Crippen LogP contribution in [0.4, 0.5) is 0 Å². The van der Waals surface area contributed by atoms with Crippen LogP contribution in [0.15, 0.2) is 29.1 Å². The molecule has 0 bridgehead atoms. The Morgan fingerprint density at radius 2 is 2.08 bits per heavy atom. The fourth-order valence-corrected chi connectivity index (χ4v) is 2.70. The molecule has 25 heavy (non-hydrogen) atoms. The molecule has 3 heterocycles. The highest BCUT2D eigenvalue weighted by Crippen LogP contribution is 2.19. The van der Waals surface area contributed by atoms with E-state index in [4.69, 9.17) is 9.47 Å². The number of rotatable bonds is 4. The Hall–Kier alpha value is -3.10. The second-order valence-electron chi connectivity index (χ2n) is 5.67. The smallest absolute Gasteiger partial charge is 0.254 e. The van der Waals surface area contributed by atoms with Gasteiger partial charge in [-0.2, -0.15) is 0 Å². The van der Waals surface area contributed by atoms with Gasteiger partial charge in [-0.15, -0.1) is 10.2 Å². The van der Waals surface area contributed by atoms with Crippen molar-refractivity contribution in [1.82, 2.24) is 20.1 Å². The van der Waals surface area contributed by atoms with Gasteiger partial charge in [0.15, 0.2) is 5.88 Å². The largest absolute Gasteiger partial charge is 0.494 e. The van der Waals surface area contributed by atoms with Gasteiger partial charge in [-0.1, -0.05) is 0 Å². The van der Waals surface area contributed by atoms with Crippen molar-refractivity contribution in [2.24, 2.45) is 0 Å². The second kappa shape index (κ2) is 7.20. The Labute approximate surface area is 143 Å². The minimum absolute atomic E-state index is 0.145. The standard InChI is InChI=1S/C16H18N4O5/c1-24-14-4-5-15(19-18-14)25-11-3-2-6-20(9-11)16(23)10-7-12(21)17-13(22)8-10/h4-5,7-8,11H,2-3,6,9H2,1H3,(H2,17,21,22). The maximum absolute atomic E-state index is 12.5. The van der Waals surface area contributed by atoms with Crippen LogP contribution >= 0.6 is 0 Å². The Bertz CT molecular complexity index is 805. The van der Waals surface area contributed by atoms with Crippen molar-refractivity contribution in [3.05, 3.63) is 40.2 Å². The number of hydrogen-bond donors (Lipinski definition) is 2. The van der Waals surface area contributed by atoms with Crippen LogP contribution in [0.1, 0.15) is 23.2 Å². The lowest BCUT2D eigenvalue weighted by molar-refractivity contribution is 0.0524. The number of methoxy groups -OCH3 is 1. The number of ether oxygens (including phenoxy) is 2. The summed E-state index contributed by atoms with van der Waals surface area (Å²) in [5.41, 5.74) is -0.382. The number of nitrogens with zero attached hydrogens (tertiary/aromatic N) is 3. The molecular formula is C16H18N4O5. The minimum Gasteiger partial charge on any atom is -0.494 e. The van der Waals surface area contributed by atoms with Crippen molar-refractivity contribution >= 4 is 5.91 Å². The third-order valence-corrected chi connectivity index (χ3v) is 3.85. The molecule has 132 valence electrons. The average molecular weight is 346 g/mol. The Kier molecular flexibility index (Phi) is 4.82. The molecule has 2 N–H and O–H groups in total. The Morgan fingerprint density at radius 1 is 1.32 bits per heavy atom. The number of H-pyrrole nitrogens is 1. The summed E-state index contributed by atoms with van der Waals surface area (Å²) in [6, 6.07) is 5.71. The average Bonchev–Trinajstić information content (AvgIpc) is 2.61. The number of aromatic amines is 1. The zero-order valence-electron chi connectivity index (χ0n) is 13.6. The summed E-state index contributed by atoms with van der Waals surface area (Å²) < 4.78 is 10.7. The molecular weight excluding hydrogens is 328 g/mol. The molecule has 0 aliphatic carbocycles. The van der Waals surface area contributed by atoms with Gasteiger partial charge in [0.1, 0.15) is 6.10 Å². The van der Waals surface area contributed by atoms with E-state index in [1.165, 1.54) is 19.2 Å². The number of piperidine rings is 1. The van der Waals surface area contributed by atoms with Gasteiger partial charge in [-0.3, -0.25) is 14.6 Å². The number of pyridine rings is 1. The molecule has 1 aliphatic rings. The van der Waals surface area contributed by atoms with Crippen molar-refractivity contribution in [2.45, 2.75) is 18.9 Å². The van der Waals surface area contributed by atoms with E-state index in [-0.39, 0.29) is 23.5 Å². The molecule has 2 aromatic heterocycles. The third-order valence-electron chi connectivity index (χ3n) is 3.85. The lowest BCUT2D eigenvalue weighted by Gasteiger charge is -2.32. The highest BCUT2D eigenvalue weighted by molar-refractivity contribution is 5.94. The third kappa shape index (κ3) is 4.06. The van der Waals surface area contributed by atoms with Gasteiger partial charge in [-0.25, -0.2) is 0 Å². The molecule has 0 spiro atoms. The first-order chi connectivity index (χ1) is 12.0. The van der Waals surface area contributed by atoms with E-state index in [0.717, 1.165) is 12.8 Å². The van der Waals surface area contributed by atoms with Crippen LogP contribution in [0.5, 0.6) is 17.6 Å². The van der Waals surface area contributed by atoms with Gasteiger partial charge in [0.2, 0.25) is 11.8 Å². The predicted octanol–water partition coefficient (Wildman–Crippen LogP) is 0.563. The van der Waals surface area contributed by atoms with Crippen molar-refractivity contribution in [3.8, 4) is 17.6 Å². The minimum atomic E-state index is -0.526. The Balaban J connectivity index is 1.67.